The van der Waals surface area contributed by atoms with Gasteiger partial charge in [-0.3, -0.25) is 0 Å². The van der Waals surface area contributed by atoms with Crippen LogP contribution in [0.5, 0.6) is 0 Å². The molecule has 5 nitrogen and oxygen atoms in total. The summed E-state index contributed by atoms with van der Waals surface area (Å²) in [5, 5.41) is 8.73. The topological polar surface area (TPSA) is 54.9 Å². The number of rotatable bonds is 9. The van der Waals surface area contributed by atoms with Gasteiger partial charge in [-0.1, -0.05) is 0 Å². The Morgan fingerprint density at radius 2 is 2.25 bits per heavy atom. The second-order valence-corrected chi connectivity index (χ2v) is 7.75. The van der Waals surface area contributed by atoms with Crippen molar-refractivity contribution in [3.63, 3.8) is 0 Å². The molecule has 1 fully saturated rings. The van der Waals surface area contributed by atoms with Crippen molar-refractivity contribution in [1.82, 2.24) is 10.6 Å². The zero-order valence-electron chi connectivity index (χ0n) is 14.4. The standard InChI is InChI=1S/C17H28BrN3O2S/c1-2-19-17(21-11-16-10-15(18)13-24-16)20-6-3-7-23-12-14-4-8-22-9-5-14/h10,13-14H,2-9,11-12H2,1H3,(H2,19,20,21). The number of halogens is 1. The third-order valence-electron chi connectivity index (χ3n) is 3.81. The minimum absolute atomic E-state index is 0.677. The van der Waals surface area contributed by atoms with E-state index >= 15 is 0 Å². The highest BCUT2D eigenvalue weighted by molar-refractivity contribution is 9.10. The van der Waals surface area contributed by atoms with Crippen molar-refractivity contribution in [3.05, 3.63) is 20.8 Å². The lowest BCUT2D eigenvalue weighted by molar-refractivity contribution is 0.0203. The average molecular weight is 418 g/mol. The van der Waals surface area contributed by atoms with Crippen molar-refractivity contribution in [3.8, 4) is 0 Å². The van der Waals surface area contributed by atoms with Gasteiger partial charge < -0.3 is 20.1 Å². The molecular formula is C17H28BrN3O2S. The first-order valence-electron chi connectivity index (χ1n) is 8.68. The van der Waals surface area contributed by atoms with Crippen LogP contribution < -0.4 is 10.6 Å². The largest absolute Gasteiger partial charge is 0.381 e. The van der Waals surface area contributed by atoms with E-state index in [-0.39, 0.29) is 0 Å². The third-order valence-corrected chi connectivity index (χ3v) is 5.49. The zero-order valence-corrected chi connectivity index (χ0v) is 16.8. The summed E-state index contributed by atoms with van der Waals surface area (Å²) in [7, 11) is 0. The van der Waals surface area contributed by atoms with Gasteiger partial charge in [0, 0.05) is 54.2 Å². The van der Waals surface area contributed by atoms with Crippen molar-refractivity contribution in [2.45, 2.75) is 32.7 Å². The first kappa shape index (κ1) is 19.7. The monoisotopic (exact) mass is 417 g/mol. The highest BCUT2D eigenvalue weighted by Gasteiger charge is 2.13. The zero-order chi connectivity index (χ0) is 17.0. The summed E-state index contributed by atoms with van der Waals surface area (Å²) in [6.45, 7) is 7.94. The van der Waals surface area contributed by atoms with E-state index in [1.165, 1.54) is 4.88 Å². The van der Waals surface area contributed by atoms with Gasteiger partial charge in [-0.2, -0.15) is 0 Å². The molecule has 0 spiro atoms. The molecule has 7 heteroatoms. The molecule has 1 aliphatic rings. The molecule has 0 radical (unpaired) electrons. The van der Waals surface area contributed by atoms with E-state index < -0.39 is 0 Å². The van der Waals surface area contributed by atoms with Crippen molar-refractivity contribution in [1.29, 1.82) is 0 Å². The van der Waals surface area contributed by atoms with Gasteiger partial charge in [0.2, 0.25) is 0 Å². The van der Waals surface area contributed by atoms with Gasteiger partial charge >= 0.3 is 0 Å². The van der Waals surface area contributed by atoms with Crippen LogP contribution in [0.4, 0.5) is 0 Å². The molecule has 136 valence electrons. The van der Waals surface area contributed by atoms with Gasteiger partial charge in [0.05, 0.1) is 6.54 Å². The van der Waals surface area contributed by atoms with Crippen molar-refractivity contribution in [2.24, 2.45) is 10.9 Å². The Morgan fingerprint density at radius 1 is 1.42 bits per heavy atom. The minimum Gasteiger partial charge on any atom is -0.381 e. The van der Waals surface area contributed by atoms with Crippen LogP contribution in [0.15, 0.2) is 20.9 Å². The van der Waals surface area contributed by atoms with Crippen LogP contribution in [-0.2, 0) is 16.0 Å². The van der Waals surface area contributed by atoms with Crippen LogP contribution in [0, 0.1) is 5.92 Å². The van der Waals surface area contributed by atoms with Crippen LogP contribution in [0.2, 0.25) is 0 Å². The molecule has 0 aliphatic carbocycles. The van der Waals surface area contributed by atoms with Gasteiger partial charge in [-0.05, 0) is 54.1 Å². The molecule has 2 rings (SSSR count). The molecule has 2 N–H and O–H groups in total. The maximum Gasteiger partial charge on any atom is 0.191 e. The Hall–Kier alpha value is -0.630. The lowest BCUT2D eigenvalue weighted by Gasteiger charge is -2.21. The second-order valence-electron chi connectivity index (χ2n) is 5.84. The fourth-order valence-corrected chi connectivity index (χ4v) is 3.85. The van der Waals surface area contributed by atoms with Crippen molar-refractivity contribution < 1.29 is 9.47 Å². The molecule has 1 aliphatic heterocycles. The summed E-state index contributed by atoms with van der Waals surface area (Å²) in [6.07, 6.45) is 3.25. The van der Waals surface area contributed by atoms with Crippen LogP contribution in [0.25, 0.3) is 0 Å². The molecule has 0 saturated carbocycles. The first-order chi connectivity index (χ1) is 11.8. The van der Waals surface area contributed by atoms with Gasteiger partial charge in [0.15, 0.2) is 5.96 Å². The van der Waals surface area contributed by atoms with Gasteiger partial charge in [0.1, 0.15) is 0 Å². The van der Waals surface area contributed by atoms with Crippen molar-refractivity contribution in [2.75, 3.05) is 39.5 Å². The molecule has 1 saturated heterocycles. The van der Waals surface area contributed by atoms with Crippen molar-refractivity contribution >= 4 is 33.2 Å². The quantitative estimate of drug-likeness (QED) is 0.367. The Labute approximate surface area is 157 Å². The minimum atomic E-state index is 0.677. The summed E-state index contributed by atoms with van der Waals surface area (Å²) in [5.41, 5.74) is 0. The second kappa shape index (κ2) is 11.8. The highest BCUT2D eigenvalue weighted by Crippen LogP contribution is 2.20. The smallest absolute Gasteiger partial charge is 0.191 e. The summed E-state index contributed by atoms with van der Waals surface area (Å²) < 4.78 is 12.3. The third kappa shape index (κ3) is 7.96. The number of ether oxygens (including phenoxy) is 2. The lowest BCUT2D eigenvalue weighted by Crippen LogP contribution is -2.38. The maximum atomic E-state index is 5.79. The van der Waals surface area contributed by atoms with E-state index in [4.69, 9.17) is 9.47 Å². The number of nitrogens with zero attached hydrogens (tertiary/aromatic N) is 1. The van der Waals surface area contributed by atoms with Crippen LogP contribution in [-0.4, -0.2) is 45.5 Å². The molecule has 0 atom stereocenters. The van der Waals surface area contributed by atoms with Crippen LogP contribution in [0.1, 0.15) is 31.1 Å². The van der Waals surface area contributed by atoms with Gasteiger partial charge in [0.25, 0.3) is 0 Å². The number of nitrogens with one attached hydrogen (secondary N) is 2. The molecule has 0 bridgehead atoms. The molecule has 0 aromatic carbocycles. The van der Waals surface area contributed by atoms with E-state index in [2.05, 4.69) is 49.9 Å². The number of aliphatic imine (C=N–C) groups is 1. The van der Waals surface area contributed by atoms with E-state index in [0.717, 1.165) is 69.2 Å². The molecule has 24 heavy (non-hydrogen) atoms. The van der Waals surface area contributed by atoms with Gasteiger partial charge in [-0.25, -0.2) is 4.99 Å². The SMILES string of the molecule is CCNC(=NCc1cc(Br)cs1)NCCCOCC1CCOCC1. The average Bonchev–Trinajstić information content (AvgIpc) is 3.02. The predicted molar refractivity (Wildman–Crippen MR) is 104 cm³/mol. The van der Waals surface area contributed by atoms with Crippen LogP contribution in [0.3, 0.4) is 0 Å². The number of hydrogen-bond acceptors (Lipinski definition) is 4. The molecular weight excluding hydrogens is 390 g/mol. The molecule has 1 aromatic heterocycles. The Bertz CT molecular complexity index is 490. The Morgan fingerprint density at radius 3 is 2.96 bits per heavy atom. The summed E-state index contributed by atoms with van der Waals surface area (Å²) in [4.78, 5) is 5.87. The maximum absolute atomic E-state index is 5.79. The van der Waals surface area contributed by atoms with Gasteiger partial charge in [-0.15, -0.1) is 11.3 Å². The molecule has 2 heterocycles. The summed E-state index contributed by atoms with van der Waals surface area (Å²) in [6, 6.07) is 2.11. The first-order valence-corrected chi connectivity index (χ1v) is 10.4. The number of guanidine groups is 1. The molecule has 1 aromatic rings. The number of hydrogen-bond donors (Lipinski definition) is 2. The highest BCUT2D eigenvalue weighted by atomic mass is 79.9. The fraction of sp³-hybridized carbons (Fsp3) is 0.706. The van der Waals surface area contributed by atoms with E-state index in [0.29, 0.717) is 12.5 Å². The summed E-state index contributed by atoms with van der Waals surface area (Å²) >= 11 is 5.19. The Balaban J connectivity index is 1.58. The van der Waals surface area contributed by atoms with Crippen LogP contribution >= 0.6 is 27.3 Å². The summed E-state index contributed by atoms with van der Waals surface area (Å²) in [5.74, 6) is 1.54. The van der Waals surface area contributed by atoms with E-state index in [9.17, 15) is 0 Å². The normalized spacial score (nSPS) is 16.3. The fourth-order valence-electron chi connectivity index (χ4n) is 2.48. The van der Waals surface area contributed by atoms with E-state index in [1.54, 1.807) is 11.3 Å². The lowest BCUT2D eigenvalue weighted by atomic mass is 10.0. The molecule has 0 amide bonds. The number of thiophene rings is 1. The molecule has 0 unspecified atom stereocenters. The Kier molecular flexibility index (Phi) is 9.72. The van der Waals surface area contributed by atoms with E-state index in [1.807, 2.05) is 0 Å². The predicted octanol–water partition coefficient (Wildman–Crippen LogP) is 3.40.